The van der Waals surface area contributed by atoms with Crippen molar-refractivity contribution >= 4 is 22.8 Å². The van der Waals surface area contributed by atoms with Crippen molar-refractivity contribution in [1.29, 1.82) is 0 Å². The molecular formula is C21H17F4N3O3. The third-order valence-corrected chi connectivity index (χ3v) is 4.99. The van der Waals surface area contributed by atoms with Crippen molar-refractivity contribution in [2.24, 2.45) is 0 Å². The Morgan fingerprint density at radius 3 is 2.65 bits per heavy atom. The summed E-state index contributed by atoms with van der Waals surface area (Å²) in [5, 5.41) is -0.0380. The van der Waals surface area contributed by atoms with Gasteiger partial charge in [-0.2, -0.15) is 0 Å². The molecule has 1 fully saturated rings. The van der Waals surface area contributed by atoms with E-state index in [4.69, 9.17) is 4.74 Å². The molecule has 3 heterocycles. The standard InChI is InChI=1S/C21H17F4N3O3/c1-2-31-20(30)14-10-28(16-5-3-12(22)9-15(16)23)19-13(18(14)29)4-6-17(26-19)27-8-7-21(24,25)11-27/h3-6,9-10H,2,7-8,11H2,1H3. The normalized spacial score (nSPS) is 15.5. The summed E-state index contributed by atoms with van der Waals surface area (Å²) >= 11 is 0. The van der Waals surface area contributed by atoms with Crippen LogP contribution in [0.1, 0.15) is 23.7 Å². The van der Waals surface area contributed by atoms with Gasteiger partial charge in [-0.15, -0.1) is 0 Å². The first-order valence-corrected chi connectivity index (χ1v) is 9.52. The monoisotopic (exact) mass is 435 g/mol. The highest BCUT2D eigenvalue weighted by Crippen LogP contribution is 2.31. The van der Waals surface area contributed by atoms with E-state index in [1.807, 2.05) is 0 Å². The first kappa shape index (κ1) is 20.8. The van der Waals surface area contributed by atoms with Crippen molar-refractivity contribution in [2.75, 3.05) is 24.6 Å². The van der Waals surface area contributed by atoms with Crippen molar-refractivity contribution in [3.05, 3.63) is 63.9 Å². The zero-order valence-electron chi connectivity index (χ0n) is 16.4. The van der Waals surface area contributed by atoms with Crippen LogP contribution in [0.4, 0.5) is 23.4 Å². The molecule has 3 aromatic rings. The number of alkyl halides is 2. The fourth-order valence-electron chi connectivity index (χ4n) is 3.52. The van der Waals surface area contributed by atoms with Gasteiger partial charge in [-0.25, -0.2) is 27.3 Å². The summed E-state index contributed by atoms with van der Waals surface area (Å²) in [6.45, 7) is 1.10. The zero-order chi connectivity index (χ0) is 22.3. The lowest BCUT2D eigenvalue weighted by molar-refractivity contribution is 0.0256. The molecule has 10 heteroatoms. The molecule has 1 aromatic carbocycles. The number of esters is 1. The van der Waals surface area contributed by atoms with Crippen LogP contribution in [0.2, 0.25) is 0 Å². The molecule has 0 radical (unpaired) electrons. The molecular weight excluding hydrogens is 418 g/mol. The van der Waals surface area contributed by atoms with Gasteiger partial charge in [-0.1, -0.05) is 0 Å². The number of carbonyl (C=O) groups is 1. The van der Waals surface area contributed by atoms with Crippen LogP contribution in [0.5, 0.6) is 0 Å². The number of anilines is 1. The molecule has 4 rings (SSSR count). The number of hydrogen-bond acceptors (Lipinski definition) is 5. The van der Waals surface area contributed by atoms with Crippen molar-refractivity contribution in [1.82, 2.24) is 9.55 Å². The van der Waals surface area contributed by atoms with Crippen LogP contribution in [-0.2, 0) is 4.74 Å². The van der Waals surface area contributed by atoms with Crippen LogP contribution in [-0.4, -0.2) is 41.1 Å². The predicted molar refractivity (Wildman–Crippen MR) is 105 cm³/mol. The number of fused-ring (bicyclic) bond motifs is 1. The Labute approximate surface area is 173 Å². The van der Waals surface area contributed by atoms with E-state index in [9.17, 15) is 27.2 Å². The molecule has 2 aromatic heterocycles. The maximum atomic E-state index is 14.6. The van der Waals surface area contributed by atoms with E-state index in [0.717, 1.165) is 22.9 Å². The van der Waals surface area contributed by atoms with Crippen LogP contribution in [0.15, 0.2) is 41.3 Å². The topological polar surface area (TPSA) is 64.4 Å². The summed E-state index contributed by atoms with van der Waals surface area (Å²) in [6, 6.07) is 5.52. The largest absolute Gasteiger partial charge is 0.462 e. The van der Waals surface area contributed by atoms with E-state index in [1.165, 1.54) is 17.0 Å². The highest BCUT2D eigenvalue weighted by Gasteiger charge is 2.38. The Morgan fingerprint density at radius 2 is 2.00 bits per heavy atom. The van der Waals surface area contributed by atoms with Crippen molar-refractivity contribution in [3.63, 3.8) is 0 Å². The zero-order valence-corrected chi connectivity index (χ0v) is 16.4. The van der Waals surface area contributed by atoms with E-state index in [2.05, 4.69) is 4.98 Å². The van der Waals surface area contributed by atoms with Gasteiger partial charge in [-0.3, -0.25) is 9.36 Å². The number of nitrogens with zero attached hydrogens (tertiary/aromatic N) is 3. The lowest BCUT2D eigenvalue weighted by atomic mass is 10.1. The van der Waals surface area contributed by atoms with Gasteiger partial charge in [0.1, 0.15) is 23.0 Å². The van der Waals surface area contributed by atoms with E-state index in [0.29, 0.717) is 6.07 Å². The van der Waals surface area contributed by atoms with Gasteiger partial charge < -0.3 is 9.64 Å². The summed E-state index contributed by atoms with van der Waals surface area (Å²) < 4.78 is 61.3. The second kappa shape index (κ2) is 7.68. The maximum Gasteiger partial charge on any atom is 0.343 e. The number of benzene rings is 1. The highest BCUT2D eigenvalue weighted by molar-refractivity contribution is 5.93. The third-order valence-electron chi connectivity index (χ3n) is 4.99. The lowest BCUT2D eigenvalue weighted by Gasteiger charge is -2.19. The molecule has 0 saturated carbocycles. The molecule has 0 amide bonds. The average Bonchev–Trinajstić information content (AvgIpc) is 3.08. The molecule has 0 unspecified atom stereocenters. The molecule has 0 spiro atoms. The van der Waals surface area contributed by atoms with Crippen LogP contribution in [0, 0.1) is 11.6 Å². The van der Waals surface area contributed by atoms with Crippen molar-refractivity contribution < 1.29 is 27.1 Å². The summed E-state index contributed by atoms with van der Waals surface area (Å²) in [7, 11) is 0. The smallest absolute Gasteiger partial charge is 0.343 e. The second-order valence-corrected chi connectivity index (χ2v) is 7.13. The summed E-state index contributed by atoms with van der Waals surface area (Å²) in [6.07, 6.45) is 0.724. The second-order valence-electron chi connectivity index (χ2n) is 7.13. The maximum absolute atomic E-state index is 14.6. The Hall–Kier alpha value is -3.43. The van der Waals surface area contributed by atoms with Crippen LogP contribution in [0.25, 0.3) is 16.7 Å². The van der Waals surface area contributed by atoms with Gasteiger partial charge in [0.05, 0.1) is 24.2 Å². The Kier molecular flexibility index (Phi) is 5.16. The first-order valence-electron chi connectivity index (χ1n) is 9.52. The molecule has 1 aliphatic rings. The number of halogens is 4. The Morgan fingerprint density at radius 1 is 1.23 bits per heavy atom. The highest BCUT2D eigenvalue weighted by atomic mass is 19.3. The molecule has 162 valence electrons. The summed E-state index contributed by atoms with van der Waals surface area (Å²) in [5.41, 5.74) is -1.29. The number of hydrogen-bond donors (Lipinski definition) is 0. The quantitative estimate of drug-likeness (QED) is 0.462. The predicted octanol–water partition coefficient (Wildman–Crippen LogP) is 3.69. The van der Waals surface area contributed by atoms with Gasteiger partial charge in [-0.05, 0) is 31.2 Å². The molecule has 31 heavy (non-hydrogen) atoms. The summed E-state index contributed by atoms with van der Waals surface area (Å²) in [4.78, 5) is 30.8. The minimum atomic E-state index is -2.87. The Balaban J connectivity index is 1.96. The van der Waals surface area contributed by atoms with E-state index in [1.54, 1.807) is 6.92 Å². The summed E-state index contributed by atoms with van der Waals surface area (Å²) in [5.74, 6) is -5.38. The van der Waals surface area contributed by atoms with Gasteiger partial charge in [0.2, 0.25) is 5.43 Å². The van der Waals surface area contributed by atoms with Crippen molar-refractivity contribution in [3.8, 4) is 5.69 Å². The minimum absolute atomic E-state index is 0.0155. The minimum Gasteiger partial charge on any atom is -0.462 e. The van der Waals surface area contributed by atoms with E-state index >= 15 is 0 Å². The van der Waals surface area contributed by atoms with Crippen molar-refractivity contribution in [2.45, 2.75) is 19.3 Å². The average molecular weight is 435 g/mol. The molecule has 0 N–H and O–H groups in total. The Bertz CT molecular complexity index is 1240. The molecule has 0 aliphatic carbocycles. The number of ether oxygens (including phenoxy) is 1. The van der Waals surface area contributed by atoms with Crippen LogP contribution in [0.3, 0.4) is 0 Å². The fraction of sp³-hybridized carbons (Fsp3) is 0.286. The molecule has 6 nitrogen and oxygen atoms in total. The van der Waals surface area contributed by atoms with Crippen LogP contribution < -0.4 is 10.3 Å². The SMILES string of the molecule is CCOC(=O)c1cn(-c2ccc(F)cc2F)c2nc(N3CCC(F)(F)C3)ccc2c1=O. The van der Waals surface area contributed by atoms with Gasteiger partial charge in [0, 0.05) is 25.2 Å². The third kappa shape index (κ3) is 3.85. The molecule has 0 atom stereocenters. The molecule has 1 saturated heterocycles. The molecule has 0 bridgehead atoms. The number of carbonyl (C=O) groups excluding carboxylic acids is 1. The lowest BCUT2D eigenvalue weighted by Crippen LogP contribution is -2.26. The number of aromatic nitrogens is 2. The molecule has 1 aliphatic heterocycles. The first-order chi connectivity index (χ1) is 14.7. The van der Waals surface area contributed by atoms with Crippen LogP contribution >= 0.6 is 0 Å². The van der Waals surface area contributed by atoms with E-state index in [-0.39, 0.29) is 47.7 Å². The van der Waals surface area contributed by atoms with E-state index < -0.39 is 35.5 Å². The van der Waals surface area contributed by atoms with Gasteiger partial charge in [0.25, 0.3) is 5.92 Å². The van der Waals surface area contributed by atoms with Gasteiger partial charge in [0.15, 0.2) is 5.65 Å². The van der Waals surface area contributed by atoms with Gasteiger partial charge >= 0.3 is 5.97 Å². The fourth-order valence-corrected chi connectivity index (χ4v) is 3.52. The number of rotatable bonds is 4. The number of pyridine rings is 2.